The third-order valence-corrected chi connectivity index (χ3v) is 3.63. The molecule has 0 unspecified atom stereocenters. The molecule has 0 saturated heterocycles. The van der Waals surface area contributed by atoms with Gasteiger partial charge in [0.15, 0.2) is 0 Å². The Bertz CT molecular complexity index is 578. The van der Waals surface area contributed by atoms with Crippen LogP contribution in [0, 0.1) is 12.7 Å². The summed E-state index contributed by atoms with van der Waals surface area (Å²) in [5.74, 6) is -0.167. The molecule has 0 amide bonds. The normalized spacial score (nSPS) is 11.0. The molecule has 0 radical (unpaired) electrons. The first kappa shape index (κ1) is 15.5. The Morgan fingerprint density at radius 2 is 1.76 bits per heavy atom. The van der Waals surface area contributed by atoms with Crippen LogP contribution in [0.3, 0.4) is 0 Å². The van der Waals surface area contributed by atoms with E-state index in [9.17, 15) is 4.39 Å². The monoisotopic (exact) mass is 286 g/mol. The average molecular weight is 286 g/mol. The standard InChI is InChI=1S/C18H23FN2/c1-3-10-21(12-15-5-8-18(20)9-6-15)13-16-11-17(19)7-4-14(16)2/h4-9,11H,3,10,12-13,20H2,1-2H3. The summed E-state index contributed by atoms with van der Waals surface area (Å²) in [4.78, 5) is 2.34. The highest BCUT2D eigenvalue weighted by molar-refractivity contribution is 5.39. The van der Waals surface area contributed by atoms with E-state index < -0.39 is 0 Å². The Morgan fingerprint density at radius 1 is 1.05 bits per heavy atom. The molecule has 0 aliphatic rings. The Labute approximate surface area is 126 Å². The summed E-state index contributed by atoms with van der Waals surface area (Å²) in [6.45, 7) is 6.79. The van der Waals surface area contributed by atoms with Crippen molar-refractivity contribution in [2.24, 2.45) is 0 Å². The SMILES string of the molecule is CCCN(Cc1ccc(N)cc1)Cc1cc(F)ccc1C. The number of benzene rings is 2. The second kappa shape index (κ2) is 7.23. The van der Waals surface area contributed by atoms with Crippen LogP contribution in [0.25, 0.3) is 0 Å². The van der Waals surface area contributed by atoms with Crippen LogP contribution in [0.2, 0.25) is 0 Å². The van der Waals surface area contributed by atoms with Crippen LogP contribution in [-0.2, 0) is 13.1 Å². The maximum atomic E-state index is 13.4. The zero-order chi connectivity index (χ0) is 15.2. The Kier molecular flexibility index (Phi) is 5.34. The van der Waals surface area contributed by atoms with Crippen LogP contribution in [0.5, 0.6) is 0 Å². The van der Waals surface area contributed by atoms with Crippen molar-refractivity contribution in [1.82, 2.24) is 4.90 Å². The number of hydrogen-bond acceptors (Lipinski definition) is 2. The molecule has 0 bridgehead atoms. The summed E-state index contributed by atoms with van der Waals surface area (Å²) in [5.41, 5.74) is 9.92. The van der Waals surface area contributed by atoms with E-state index in [1.54, 1.807) is 6.07 Å². The van der Waals surface area contributed by atoms with Crippen LogP contribution < -0.4 is 5.73 Å². The van der Waals surface area contributed by atoms with Crippen molar-refractivity contribution in [3.05, 3.63) is 65.0 Å². The van der Waals surface area contributed by atoms with Gasteiger partial charge < -0.3 is 5.73 Å². The van der Waals surface area contributed by atoms with E-state index in [0.29, 0.717) is 0 Å². The lowest BCUT2D eigenvalue weighted by molar-refractivity contribution is 0.256. The molecule has 2 N–H and O–H groups in total. The lowest BCUT2D eigenvalue weighted by Crippen LogP contribution is -2.24. The van der Waals surface area contributed by atoms with Gasteiger partial charge >= 0.3 is 0 Å². The first-order valence-electron chi connectivity index (χ1n) is 7.40. The van der Waals surface area contributed by atoms with Gasteiger partial charge in [0.25, 0.3) is 0 Å². The van der Waals surface area contributed by atoms with Crippen molar-refractivity contribution in [3.63, 3.8) is 0 Å². The van der Waals surface area contributed by atoms with Crippen LogP contribution in [-0.4, -0.2) is 11.4 Å². The Morgan fingerprint density at radius 3 is 2.43 bits per heavy atom. The zero-order valence-corrected chi connectivity index (χ0v) is 12.8. The zero-order valence-electron chi connectivity index (χ0n) is 12.8. The third-order valence-electron chi connectivity index (χ3n) is 3.63. The van der Waals surface area contributed by atoms with Gasteiger partial charge in [0.1, 0.15) is 5.82 Å². The molecular weight excluding hydrogens is 263 g/mol. The van der Waals surface area contributed by atoms with Gasteiger partial charge in [-0.1, -0.05) is 25.1 Å². The predicted molar refractivity (Wildman–Crippen MR) is 86.4 cm³/mol. The van der Waals surface area contributed by atoms with Crippen molar-refractivity contribution >= 4 is 5.69 Å². The van der Waals surface area contributed by atoms with Gasteiger partial charge in [0.2, 0.25) is 0 Å². The van der Waals surface area contributed by atoms with Gasteiger partial charge in [0.05, 0.1) is 0 Å². The molecule has 2 aromatic rings. The molecule has 0 fully saturated rings. The van der Waals surface area contributed by atoms with E-state index in [0.717, 1.165) is 42.9 Å². The van der Waals surface area contributed by atoms with Crippen LogP contribution in [0.4, 0.5) is 10.1 Å². The largest absolute Gasteiger partial charge is 0.399 e. The van der Waals surface area contributed by atoms with E-state index in [4.69, 9.17) is 5.73 Å². The van der Waals surface area contributed by atoms with Crippen LogP contribution in [0.1, 0.15) is 30.0 Å². The summed E-state index contributed by atoms with van der Waals surface area (Å²) >= 11 is 0. The Hall–Kier alpha value is -1.87. The molecule has 2 aromatic carbocycles. The van der Waals surface area contributed by atoms with Crippen molar-refractivity contribution in [2.45, 2.75) is 33.4 Å². The lowest BCUT2D eigenvalue weighted by atomic mass is 10.1. The summed E-state index contributed by atoms with van der Waals surface area (Å²) in [6.07, 6.45) is 1.07. The maximum Gasteiger partial charge on any atom is 0.123 e. The maximum absolute atomic E-state index is 13.4. The van der Waals surface area contributed by atoms with Crippen molar-refractivity contribution < 1.29 is 4.39 Å². The second-order valence-electron chi connectivity index (χ2n) is 5.52. The molecule has 0 saturated carbocycles. The highest BCUT2D eigenvalue weighted by Gasteiger charge is 2.09. The average Bonchev–Trinajstić information content (AvgIpc) is 2.45. The highest BCUT2D eigenvalue weighted by atomic mass is 19.1. The molecule has 3 heteroatoms. The summed E-state index contributed by atoms with van der Waals surface area (Å²) in [7, 11) is 0. The Balaban J connectivity index is 2.11. The fourth-order valence-corrected chi connectivity index (χ4v) is 2.46. The van der Waals surface area contributed by atoms with Gasteiger partial charge in [-0.2, -0.15) is 0 Å². The van der Waals surface area contributed by atoms with Gasteiger partial charge in [-0.3, -0.25) is 4.90 Å². The quantitative estimate of drug-likeness (QED) is 0.809. The molecule has 0 spiro atoms. The van der Waals surface area contributed by atoms with Gasteiger partial charge in [0, 0.05) is 18.8 Å². The molecule has 0 heterocycles. The minimum atomic E-state index is -0.167. The van der Waals surface area contributed by atoms with E-state index in [1.165, 1.54) is 11.6 Å². The lowest BCUT2D eigenvalue weighted by Gasteiger charge is -2.23. The van der Waals surface area contributed by atoms with Gasteiger partial charge in [-0.25, -0.2) is 4.39 Å². The first-order valence-corrected chi connectivity index (χ1v) is 7.40. The van der Waals surface area contributed by atoms with Crippen molar-refractivity contribution in [3.8, 4) is 0 Å². The predicted octanol–water partition coefficient (Wildman–Crippen LogP) is 4.13. The number of anilines is 1. The van der Waals surface area contributed by atoms with E-state index >= 15 is 0 Å². The van der Waals surface area contributed by atoms with Crippen LogP contribution >= 0.6 is 0 Å². The van der Waals surface area contributed by atoms with E-state index in [1.807, 2.05) is 25.1 Å². The summed E-state index contributed by atoms with van der Waals surface area (Å²) in [5, 5.41) is 0. The van der Waals surface area contributed by atoms with Crippen LogP contribution in [0.15, 0.2) is 42.5 Å². The molecule has 0 aliphatic heterocycles. The van der Waals surface area contributed by atoms with Crippen molar-refractivity contribution in [1.29, 1.82) is 0 Å². The second-order valence-corrected chi connectivity index (χ2v) is 5.52. The van der Waals surface area contributed by atoms with E-state index in [2.05, 4.69) is 24.0 Å². The number of nitrogens with zero attached hydrogens (tertiary/aromatic N) is 1. The third kappa shape index (κ3) is 4.57. The molecule has 0 aromatic heterocycles. The van der Waals surface area contributed by atoms with E-state index in [-0.39, 0.29) is 5.82 Å². The smallest absolute Gasteiger partial charge is 0.123 e. The number of nitrogen functional groups attached to an aromatic ring is 1. The molecule has 112 valence electrons. The number of aryl methyl sites for hydroxylation is 1. The summed E-state index contributed by atoms with van der Waals surface area (Å²) < 4.78 is 13.4. The van der Waals surface area contributed by atoms with Gasteiger partial charge in [-0.15, -0.1) is 0 Å². The minimum Gasteiger partial charge on any atom is -0.399 e. The fraction of sp³-hybridized carbons (Fsp3) is 0.333. The number of rotatable bonds is 6. The molecule has 2 nitrogen and oxygen atoms in total. The molecule has 0 aliphatic carbocycles. The molecule has 2 rings (SSSR count). The molecular formula is C18H23FN2. The molecule has 0 atom stereocenters. The number of hydrogen-bond donors (Lipinski definition) is 1. The number of halogens is 1. The first-order chi connectivity index (χ1) is 10.1. The van der Waals surface area contributed by atoms with Crippen molar-refractivity contribution in [2.75, 3.05) is 12.3 Å². The number of nitrogens with two attached hydrogens (primary N) is 1. The topological polar surface area (TPSA) is 29.3 Å². The fourth-order valence-electron chi connectivity index (χ4n) is 2.46. The molecule has 21 heavy (non-hydrogen) atoms. The summed E-state index contributed by atoms with van der Waals surface area (Å²) in [6, 6.07) is 13.0. The van der Waals surface area contributed by atoms with Gasteiger partial charge in [-0.05, 0) is 60.8 Å². The highest BCUT2D eigenvalue weighted by Crippen LogP contribution is 2.16. The minimum absolute atomic E-state index is 0.167.